The first-order valence-electron chi connectivity index (χ1n) is 12.3. The third kappa shape index (κ3) is 11.3. The molecular weight excluding hydrogens is 504 g/mol. The van der Waals surface area contributed by atoms with Crippen LogP contribution < -0.4 is 19.0 Å². The standard InChI is InChI=1S/C25H36N2O7S2/c1-3-5-7-11-19-35(29,30)33-22-17-15-21(16-18-22)26-25(28)27-23-13-9-10-14-24(23)34-36(31,32)20-12-8-6-4-2/h9-10,13-18H,3-8,11-12,19-20H2,1-2H3,(H2,26,27,28). The molecule has 0 saturated heterocycles. The molecule has 2 rings (SSSR count). The van der Waals surface area contributed by atoms with Crippen molar-refractivity contribution >= 4 is 37.6 Å². The average molecular weight is 541 g/mol. The van der Waals surface area contributed by atoms with E-state index in [1.54, 1.807) is 12.1 Å². The number of urea groups is 1. The van der Waals surface area contributed by atoms with E-state index in [2.05, 4.69) is 10.6 Å². The molecular formula is C25H36N2O7S2. The molecule has 0 aliphatic rings. The second-order valence-corrected chi connectivity index (χ2v) is 11.8. The van der Waals surface area contributed by atoms with Crippen LogP contribution in [-0.2, 0) is 20.2 Å². The van der Waals surface area contributed by atoms with E-state index in [1.807, 2.05) is 13.8 Å². The molecule has 200 valence electrons. The van der Waals surface area contributed by atoms with E-state index in [9.17, 15) is 21.6 Å². The number of hydrogen-bond donors (Lipinski definition) is 2. The molecule has 2 aromatic carbocycles. The minimum atomic E-state index is -3.80. The molecule has 2 amide bonds. The maximum Gasteiger partial charge on any atom is 0.323 e. The van der Waals surface area contributed by atoms with E-state index in [4.69, 9.17) is 8.37 Å². The first kappa shape index (κ1) is 29.4. The van der Waals surface area contributed by atoms with Crippen molar-refractivity contribution < 1.29 is 30.0 Å². The number of benzene rings is 2. The van der Waals surface area contributed by atoms with Gasteiger partial charge >= 0.3 is 26.3 Å². The van der Waals surface area contributed by atoms with Crippen LogP contribution in [-0.4, -0.2) is 34.4 Å². The third-order valence-corrected chi connectivity index (χ3v) is 7.64. The van der Waals surface area contributed by atoms with E-state index in [0.717, 1.165) is 38.5 Å². The molecule has 0 aliphatic carbocycles. The van der Waals surface area contributed by atoms with Gasteiger partial charge in [-0.15, -0.1) is 0 Å². The Morgan fingerprint density at radius 3 is 1.83 bits per heavy atom. The number of unbranched alkanes of at least 4 members (excludes halogenated alkanes) is 6. The summed E-state index contributed by atoms with van der Waals surface area (Å²) in [6.07, 6.45) is 6.62. The maximum atomic E-state index is 12.5. The molecule has 2 aromatic rings. The number of para-hydroxylation sites is 2. The predicted octanol–water partition coefficient (Wildman–Crippen LogP) is 5.91. The lowest BCUT2D eigenvalue weighted by atomic mass is 10.2. The molecule has 0 saturated carbocycles. The Bertz CT molecular complexity index is 1170. The summed E-state index contributed by atoms with van der Waals surface area (Å²) in [4.78, 5) is 12.5. The topological polar surface area (TPSA) is 128 Å². The van der Waals surface area contributed by atoms with E-state index in [1.165, 1.54) is 36.4 Å². The van der Waals surface area contributed by atoms with Crippen molar-refractivity contribution in [3.8, 4) is 11.5 Å². The molecule has 0 spiro atoms. The molecule has 2 N–H and O–H groups in total. The van der Waals surface area contributed by atoms with Crippen LogP contribution in [0.3, 0.4) is 0 Å². The number of nitrogens with one attached hydrogen (secondary N) is 2. The largest absolute Gasteiger partial charge is 0.382 e. The van der Waals surface area contributed by atoms with Crippen LogP contribution in [0.15, 0.2) is 48.5 Å². The molecule has 0 fully saturated rings. The van der Waals surface area contributed by atoms with E-state index in [0.29, 0.717) is 18.5 Å². The van der Waals surface area contributed by atoms with Crippen molar-refractivity contribution in [3.63, 3.8) is 0 Å². The van der Waals surface area contributed by atoms with Gasteiger partial charge in [0.25, 0.3) is 0 Å². The minimum absolute atomic E-state index is 0.0241. The number of anilines is 2. The van der Waals surface area contributed by atoms with Crippen molar-refractivity contribution in [1.29, 1.82) is 0 Å². The van der Waals surface area contributed by atoms with Crippen molar-refractivity contribution in [2.75, 3.05) is 22.1 Å². The summed E-state index contributed by atoms with van der Waals surface area (Å²) in [6, 6.07) is 11.5. The zero-order valence-electron chi connectivity index (χ0n) is 20.9. The lowest BCUT2D eigenvalue weighted by Crippen LogP contribution is -2.21. The lowest BCUT2D eigenvalue weighted by Gasteiger charge is -2.13. The summed E-state index contributed by atoms with van der Waals surface area (Å²) in [6.45, 7) is 4.09. The van der Waals surface area contributed by atoms with Gasteiger partial charge in [0.05, 0.1) is 17.2 Å². The third-order valence-electron chi connectivity index (χ3n) is 5.18. The molecule has 11 heteroatoms. The quantitative estimate of drug-likeness (QED) is 0.200. The number of rotatable bonds is 16. The average Bonchev–Trinajstić information content (AvgIpc) is 2.82. The van der Waals surface area contributed by atoms with Crippen LogP contribution in [0, 0.1) is 0 Å². The fourth-order valence-corrected chi connectivity index (χ4v) is 5.40. The molecule has 0 atom stereocenters. The highest BCUT2D eigenvalue weighted by atomic mass is 32.2. The Hall–Kier alpha value is -2.79. The monoisotopic (exact) mass is 540 g/mol. The van der Waals surface area contributed by atoms with Crippen LogP contribution in [0.2, 0.25) is 0 Å². The van der Waals surface area contributed by atoms with Gasteiger partial charge in [0, 0.05) is 5.69 Å². The summed E-state index contributed by atoms with van der Waals surface area (Å²) in [5.41, 5.74) is 0.586. The summed E-state index contributed by atoms with van der Waals surface area (Å²) in [5, 5.41) is 5.18. The summed E-state index contributed by atoms with van der Waals surface area (Å²) in [5.74, 6) is 0.0252. The molecule has 9 nitrogen and oxygen atoms in total. The van der Waals surface area contributed by atoms with E-state index in [-0.39, 0.29) is 28.7 Å². The van der Waals surface area contributed by atoms with Crippen molar-refractivity contribution in [2.24, 2.45) is 0 Å². The maximum absolute atomic E-state index is 12.5. The SMILES string of the molecule is CCCCCCS(=O)(=O)Oc1ccc(NC(=O)Nc2ccccc2OS(=O)(=O)CCCCCC)cc1. The van der Waals surface area contributed by atoms with Crippen LogP contribution in [0.4, 0.5) is 16.2 Å². The zero-order valence-corrected chi connectivity index (χ0v) is 22.5. The first-order valence-corrected chi connectivity index (χ1v) is 15.4. The van der Waals surface area contributed by atoms with Gasteiger partial charge in [-0.05, 0) is 49.2 Å². The van der Waals surface area contributed by atoms with E-state index >= 15 is 0 Å². The van der Waals surface area contributed by atoms with Gasteiger partial charge in [0.2, 0.25) is 0 Å². The summed E-state index contributed by atoms with van der Waals surface area (Å²) in [7, 11) is -7.48. The van der Waals surface area contributed by atoms with Crippen molar-refractivity contribution in [1.82, 2.24) is 0 Å². The number of hydrogen-bond acceptors (Lipinski definition) is 7. The Morgan fingerprint density at radius 1 is 0.694 bits per heavy atom. The highest BCUT2D eigenvalue weighted by Crippen LogP contribution is 2.26. The van der Waals surface area contributed by atoms with Gasteiger partial charge < -0.3 is 19.0 Å². The molecule has 0 heterocycles. The van der Waals surface area contributed by atoms with Crippen LogP contribution in [0.1, 0.15) is 65.2 Å². The first-order chi connectivity index (χ1) is 17.1. The number of carbonyl (C=O) groups is 1. The molecule has 0 aromatic heterocycles. The Kier molecular flexibility index (Phi) is 12.0. The summed E-state index contributed by atoms with van der Waals surface area (Å²) < 4.78 is 59.1. The van der Waals surface area contributed by atoms with Gasteiger partial charge in [-0.2, -0.15) is 16.8 Å². The highest BCUT2D eigenvalue weighted by Gasteiger charge is 2.17. The van der Waals surface area contributed by atoms with Crippen molar-refractivity contribution in [3.05, 3.63) is 48.5 Å². The van der Waals surface area contributed by atoms with Crippen LogP contribution in [0.5, 0.6) is 11.5 Å². The minimum Gasteiger partial charge on any atom is -0.382 e. The smallest absolute Gasteiger partial charge is 0.323 e. The highest BCUT2D eigenvalue weighted by molar-refractivity contribution is 7.87. The number of carbonyl (C=O) groups excluding carboxylic acids is 1. The molecule has 0 unspecified atom stereocenters. The Labute approximate surface area is 214 Å². The number of amides is 2. The van der Waals surface area contributed by atoms with Gasteiger partial charge in [-0.1, -0.05) is 64.5 Å². The Balaban J connectivity index is 1.92. The Morgan fingerprint density at radius 2 is 1.25 bits per heavy atom. The zero-order chi connectivity index (χ0) is 26.4. The molecule has 0 bridgehead atoms. The molecule has 36 heavy (non-hydrogen) atoms. The lowest BCUT2D eigenvalue weighted by molar-refractivity contribution is 0.262. The van der Waals surface area contributed by atoms with Crippen LogP contribution in [0.25, 0.3) is 0 Å². The fourth-order valence-electron chi connectivity index (χ4n) is 3.30. The van der Waals surface area contributed by atoms with Crippen molar-refractivity contribution in [2.45, 2.75) is 65.2 Å². The fraction of sp³-hybridized carbons (Fsp3) is 0.480. The summed E-state index contributed by atoms with van der Waals surface area (Å²) >= 11 is 0. The van der Waals surface area contributed by atoms with Gasteiger partial charge in [-0.25, -0.2) is 4.79 Å². The van der Waals surface area contributed by atoms with Gasteiger partial charge in [0.1, 0.15) is 5.75 Å². The molecule has 0 radical (unpaired) electrons. The van der Waals surface area contributed by atoms with Gasteiger partial charge in [0.15, 0.2) is 5.75 Å². The predicted molar refractivity (Wildman–Crippen MR) is 143 cm³/mol. The second-order valence-electron chi connectivity index (χ2n) is 8.41. The molecule has 0 aliphatic heterocycles. The van der Waals surface area contributed by atoms with E-state index < -0.39 is 26.3 Å². The normalized spacial score (nSPS) is 11.6. The van der Waals surface area contributed by atoms with Crippen LogP contribution >= 0.6 is 0 Å². The second kappa shape index (κ2) is 14.7. The van der Waals surface area contributed by atoms with Gasteiger partial charge in [-0.3, -0.25) is 0 Å².